The first-order valence-corrected chi connectivity index (χ1v) is 11.1. The molecule has 5 aromatic rings. The van der Waals surface area contributed by atoms with Crippen molar-refractivity contribution < 1.29 is 0 Å². The van der Waals surface area contributed by atoms with Crippen molar-refractivity contribution in [1.82, 2.24) is 9.97 Å². The zero-order valence-corrected chi connectivity index (χ0v) is 18.8. The van der Waals surface area contributed by atoms with E-state index >= 15 is 0 Å². The second kappa shape index (κ2) is 8.77. The number of rotatable bonds is 4. The van der Waals surface area contributed by atoms with Crippen LogP contribution >= 0.6 is 15.9 Å². The summed E-state index contributed by atoms with van der Waals surface area (Å²) in [7, 11) is 0. The number of hydrogen-bond donors (Lipinski definition) is 1. The van der Waals surface area contributed by atoms with Crippen LogP contribution in [0.15, 0.2) is 114 Å². The molecule has 0 aliphatic carbocycles. The topological polar surface area (TPSA) is 51.8 Å². The van der Waals surface area contributed by atoms with Gasteiger partial charge in [-0.2, -0.15) is 0 Å². The van der Waals surface area contributed by atoms with Crippen LogP contribution in [0.3, 0.4) is 0 Å². The first-order valence-electron chi connectivity index (χ1n) is 10.3. The fraction of sp³-hybridized carbons (Fsp3) is 0. The fourth-order valence-electron chi connectivity index (χ4n) is 3.68. The van der Waals surface area contributed by atoms with Crippen LogP contribution in [-0.2, 0) is 0 Å². The van der Waals surface area contributed by atoms with E-state index in [1.54, 1.807) is 0 Å². The summed E-state index contributed by atoms with van der Waals surface area (Å²) in [5.74, 6) is 0.710. The largest absolute Gasteiger partial charge is 0.397 e. The zero-order chi connectivity index (χ0) is 21.9. The van der Waals surface area contributed by atoms with Gasteiger partial charge in [0.25, 0.3) is 0 Å². The third kappa shape index (κ3) is 4.05. The molecular formula is C28H20BrN3. The molecule has 4 aromatic carbocycles. The SMILES string of the molecule is Nc1c(Br)cccc1-c1ccc(-c2cc(-c3ccccc3)nc(-c3ccccc3)n2)cc1. The summed E-state index contributed by atoms with van der Waals surface area (Å²) in [6.07, 6.45) is 0. The first kappa shape index (κ1) is 20.2. The summed E-state index contributed by atoms with van der Waals surface area (Å²) in [5, 5.41) is 0. The highest BCUT2D eigenvalue weighted by atomic mass is 79.9. The molecule has 0 saturated heterocycles. The molecule has 0 fully saturated rings. The summed E-state index contributed by atoms with van der Waals surface area (Å²) >= 11 is 3.51. The van der Waals surface area contributed by atoms with Crippen molar-refractivity contribution in [3.8, 4) is 45.0 Å². The van der Waals surface area contributed by atoms with E-state index in [4.69, 9.17) is 15.7 Å². The highest BCUT2D eigenvalue weighted by Crippen LogP contribution is 2.33. The molecule has 1 aromatic heterocycles. The Hall–Kier alpha value is -3.76. The van der Waals surface area contributed by atoms with Crippen LogP contribution in [0.4, 0.5) is 5.69 Å². The predicted octanol–water partition coefficient (Wildman–Crippen LogP) is 7.49. The summed E-state index contributed by atoms with van der Waals surface area (Å²) < 4.78 is 0.898. The molecule has 0 aliphatic rings. The van der Waals surface area contributed by atoms with Crippen molar-refractivity contribution >= 4 is 21.6 Å². The Morgan fingerprint density at radius 3 is 1.69 bits per heavy atom. The van der Waals surface area contributed by atoms with Gasteiger partial charge in [-0.3, -0.25) is 0 Å². The third-order valence-electron chi connectivity index (χ3n) is 5.37. The lowest BCUT2D eigenvalue weighted by Crippen LogP contribution is -1.96. The van der Waals surface area contributed by atoms with Crippen molar-refractivity contribution in [3.05, 3.63) is 114 Å². The van der Waals surface area contributed by atoms with Crippen molar-refractivity contribution in [2.45, 2.75) is 0 Å². The number of benzene rings is 4. The minimum atomic E-state index is 0.710. The molecule has 5 rings (SSSR count). The highest BCUT2D eigenvalue weighted by Gasteiger charge is 2.11. The molecule has 32 heavy (non-hydrogen) atoms. The fourth-order valence-corrected chi connectivity index (χ4v) is 4.04. The monoisotopic (exact) mass is 477 g/mol. The van der Waals surface area contributed by atoms with E-state index in [1.165, 1.54) is 0 Å². The number of nitrogens with two attached hydrogens (primary N) is 1. The molecule has 154 valence electrons. The molecule has 2 N–H and O–H groups in total. The van der Waals surface area contributed by atoms with Crippen LogP contribution in [0.2, 0.25) is 0 Å². The quantitative estimate of drug-likeness (QED) is 0.272. The molecule has 1 heterocycles. The van der Waals surface area contributed by atoms with Gasteiger partial charge >= 0.3 is 0 Å². The number of nitrogens with zero attached hydrogens (tertiary/aromatic N) is 2. The summed E-state index contributed by atoms with van der Waals surface area (Å²) in [6.45, 7) is 0. The second-order valence-electron chi connectivity index (χ2n) is 7.47. The van der Waals surface area contributed by atoms with E-state index < -0.39 is 0 Å². The van der Waals surface area contributed by atoms with Crippen LogP contribution in [-0.4, -0.2) is 9.97 Å². The van der Waals surface area contributed by atoms with E-state index in [0.717, 1.165) is 49.4 Å². The van der Waals surface area contributed by atoms with Crippen LogP contribution in [0.1, 0.15) is 0 Å². The van der Waals surface area contributed by atoms with Crippen molar-refractivity contribution in [1.29, 1.82) is 0 Å². The molecule has 0 atom stereocenters. The van der Waals surface area contributed by atoms with E-state index in [0.29, 0.717) is 5.82 Å². The highest BCUT2D eigenvalue weighted by molar-refractivity contribution is 9.10. The van der Waals surface area contributed by atoms with Crippen LogP contribution < -0.4 is 5.73 Å². The smallest absolute Gasteiger partial charge is 0.160 e. The zero-order valence-electron chi connectivity index (χ0n) is 17.2. The van der Waals surface area contributed by atoms with Gasteiger partial charge < -0.3 is 5.73 Å². The minimum absolute atomic E-state index is 0.710. The van der Waals surface area contributed by atoms with Crippen molar-refractivity contribution in [2.24, 2.45) is 0 Å². The standard InChI is InChI=1S/C28H20BrN3/c29-24-13-7-12-23(27(24)30)19-14-16-21(17-15-19)26-18-25(20-8-3-1-4-9-20)31-28(32-26)22-10-5-2-6-11-22/h1-18H,30H2. The molecule has 4 heteroatoms. The van der Waals surface area contributed by atoms with Gasteiger partial charge in [0, 0.05) is 26.7 Å². The molecular weight excluding hydrogens is 458 g/mol. The average molecular weight is 478 g/mol. The third-order valence-corrected chi connectivity index (χ3v) is 6.06. The van der Waals surface area contributed by atoms with Crippen LogP contribution in [0.25, 0.3) is 45.0 Å². The Bertz CT molecular complexity index is 1310. The van der Waals surface area contributed by atoms with E-state index in [9.17, 15) is 0 Å². The normalized spacial score (nSPS) is 10.8. The summed E-state index contributed by atoms with van der Waals surface area (Å²) in [5.41, 5.74) is 13.9. The Morgan fingerprint density at radius 2 is 1.06 bits per heavy atom. The average Bonchev–Trinajstić information content (AvgIpc) is 2.87. The molecule has 0 saturated carbocycles. The van der Waals surface area contributed by atoms with Gasteiger partial charge in [0.05, 0.1) is 17.1 Å². The Kier molecular flexibility index (Phi) is 5.53. The van der Waals surface area contributed by atoms with E-state index in [1.807, 2.05) is 72.8 Å². The molecule has 0 bridgehead atoms. The number of hydrogen-bond acceptors (Lipinski definition) is 3. The minimum Gasteiger partial charge on any atom is -0.397 e. The summed E-state index contributed by atoms with van der Waals surface area (Å²) in [4.78, 5) is 9.74. The van der Waals surface area contributed by atoms with E-state index in [-0.39, 0.29) is 0 Å². The molecule has 0 aliphatic heterocycles. The lowest BCUT2D eigenvalue weighted by molar-refractivity contribution is 1.18. The van der Waals surface area contributed by atoms with E-state index in [2.05, 4.69) is 52.3 Å². The maximum Gasteiger partial charge on any atom is 0.160 e. The van der Waals surface area contributed by atoms with Gasteiger partial charge in [0.1, 0.15) is 0 Å². The van der Waals surface area contributed by atoms with Gasteiger partial charge in [-0.15, -0.1) is 0 Å². The van der Waals surface area contributed by atoms with Crippen LogP contribution in [0, 0.1) is 0 Å². The molecule has 0 amide bonds. The molecule has 0 unspecified atom stereocenters. The van der Waals surface area contributed by atoms with Gasteiger partial charge in [-0.1, -0.05) is 97.1 Å². The molecule has 0 radical (unpaired) electrons. The Morgan fingerprint density at radius 1 is 0.531 bits per heavy atom. The molecule has 0 spiro atoms. The maximum atomic E-state index is 6.26. The second-order valence-corrected chi connectivity index (χ2v) is 8.33. The number of aromatic nitrogens is 2. The van der Waals surface area contributed by atoms with Gasteiger partial charge in [-0.25, -0.2) is 9.97 Å². The maximum absolute atomic E-state index is 6.26. The number of nitrogen functional groups attached to an aromatic ring is 1. The van der Waals surface area contributed by atoms with Crippen molar-refractivity contribution in [3.63, 3.8) is 0 Å². The van der Waals surface area contributed by atoms with Crippen LogP contribution in [0.5, 0.6) is 0 Å². The Labute approximate surface area is 195 Å². The van der Waals surface area contributed by atoms with Gasteiger partial charge in [0.15, 0.2) is 5.82 Å². The number of anilines is 1. The Balaban J connectivity index is 1.60. The predicted molar refractivity (Wildman–Crippen MR) is 136 cm³/mol. The van der Waals surface area contributed by atoms with Gasteiger partial charge in [-0.05, 0) is 33.6 Å². The number of para-hydroxylation sites is 1. The molecule has 3 nitrogen and oxygen atoms in total. The lowest BCUT2D eigenvalue weighted by Gasteiger charge is -2.11. The first-order chi connectivity index (χ1) is 15.7. The lowest BCUT2D eigenvalue weighted by atomic mass is 10.0. The van der Waals surface area contributed by atoms with Crippen molar-refractivity contribution in [2.75, 3.05) is 5.73 Å². The number of halogens is 1. The van der Waals surface area contributed by atoms with Gasteiger partial charge in [0.2, 0.25) is 0 Å². The summed E-state index contributed by atoms with van der Waals surface area (Å²) in [6, 6.07) is 36.6.